The topological polar surface area (TPSA) is 68.2 Å². The van der Waals surface area contributed by atoms with Crippen molar-refractivity contribution in [1.29, 1.82) is 0 Å². The Hall–Kier alpha value is -3.18. The van der Waals surface area contributed by atoms with Crippen LogP contribution >= 0.6 is 23.2 Å². The largest absolute Gasteiger partial charge is 0.479 e. The van der Waals surface area contributed by atoms with E-state index in [-0.39, 0.29) is 44.3 Å². The molecule has 180 valence electrons. The number of ether oxygens (including phenoxy) is 2. The van der Waals surface area contributed by atoms with Crippen molar-refractivity contribution in [3.05, 3.63) is 62.4 Å². The van der Waals surface area contributed by atoms with E-state index in [9.17, 15) is 31.5 Å². The fourth-order valence-electron chi connectivity index (χ4n) is 2.92. The van der Waals surface area contributed by atoms with Gasteiger partial charge in [-0.25, -0.2) is 26.7 Å². The van der Waals surface area contributed by atoms with Crippen LogP contribution in [0.1, 0.15) is 19.4 Å². The first kappa shape index (κ1) is 25.4. The number of nitrogens with zero attached hydrogens (tertiary/aromatic N) is 2. The summed E-state index contributed by atoms with van der Waals surface area (Å²) in [7, 11) is 0. The summed E-state index contributed by atoms with van der Waals surface area (Å²) in [6.07, 6.45) is 1.19. The molecule has 0 saturated carbocycles. The Balaban J connectivity index is 1.94. The maximum Gasteiger partial charge on any atom is 0.344 e. The second-order valence-electron chi connectivity index (χ2n) is 6.69. The number of carbonyl (C=O) groups is 2. The van der Waals surface area contributed by atoms with Crippen molar-refractivity contribution < 1.29 is 41.0 Å². The molecule has 34 heavy (non-hydrogen) atoms. The summed E-state index contributed by atoms with van der Waals surface area (Å²) in [5, 5.41) is 3.63. The van der Waals surface area contributed by atoms with Gasteiger partial charge in [-0.05, 0) is 37.6 Å². The molecule has 1 aliphatic heterocycles. The van der Waals surface area contributed by atoms with Gasteiger partial charge in [-0.2, -0.15) is 10.1 Å². The van der Waals surface area contributed by atoms with Crippen LogP contribution in [0.25, 0.3) is 6.08 Å². The number of anilines is 1. The molecule has 0 unspecified atom stereocenters. The smallest absolute Gasteiger partial charge is 0.344 e. The molecule has 2 aromatic rings. The number of carbonyl (C=O) groups excluding carboxylic acids is 2. The minimum Gasteiger partial charge on any atom is -0.479 e. The van der Waals surface area contributed by atoms with Crippen molar-refractivity contribution in [3.63, 3.8) is 0 Å². The first-order valence-corrected chi connectivity index (χ1v) is 10.1. The van der Waals surface area contributed by atoms with E-state index >= 15 is 0 Å². The van der Waals surface area contributed by atoms with Gasteiger partial charge in [0, 0.05) is 0 Å². The Morgan fingerprint density at radius 1 is 1.03 bits per heavy atom. The maximum atomic E-state index is 14.2. The maximum absolute atomic E-state index is 14.2. The Labute approximate surface area is 199 Å². The van der Waals surface area contributed by atoms with E-state index in [4.69, 9.17) is 32.7 Å². The van der Waals surface area contributed by atoms with Crippen molar-refractivity contribution in [2.45, 2.75) is 13.8 Å². The molecule has 0 radical (unpaired) electrons. The molecule has 0 N–H and O–H groups in total. The highest BCUT2D eigenvalue weighted by molar-refractivity contribution is 6.37. The van der Waals surface area contributed by atoms with Crippen LogP contribution in [0.4, 0.5) is 27.6 Å². The van der Waals surface area contributed by atoms with Crippen LogP contribution in [0.5, 0.6) is 5.75 Å². The molecule has 0 fully saturated rings. The predicted molar refractivity (Wildman–Crippen MR) is 113 cm³/mol. The standard InChI is InChI=1S/C21H13Cl2F5N2O4/c1-3-33-13(31)7-34-20-11(22)5-9(6-12(20)23)4-10-8(2)29-30(21(10)32)19-17(27)15(25)14(24)16(26)18(19)28/h4-6H,3,7H2,1-2H3/b10-4+. The van der Waals surface area contributed by atoms with Crippen molar-refractivity contribution in [2.75, 3.05) is 18.2 Å². The van der Waals surface area contributed by atoms with Crippen LogP contribution in [-0.4, -0.2) is 30.8 Å². The average Bonchev–Trinajstić information content (AvgIpc) is 3.04. The number of halogens is 7. The normalized spacial score (nSPS) is 14.6. The number of hydrogen-bond donors (Lipinski definition) is 0. The number of hydrazone groups is 1. The van der Waals surface area contributed by atoms with Crippen LogP contribution in [0.2, 0.25) is 10.0 Å². The lowest BCUT2D eigenvalue weighted by atomic mass is 10.1. The monoisotopic (exact) mass is 522 g/mol. The number of amides is 1. The fourth-order valence-corrected chi connectivity index (χ4v) is 3.53. The summed E-state index contributed by atoms with van der Waals surface area (Å²) >= 11 is 12.3. The van der Waals surface area contributed by atoms with E-state index in [1.165, 1.54) is 25.1 Å². The first-order chi connectivity index (χ1) is 16.0. The van der Waals surface area contributed by atoms with E-state index in [0.29, 0.717) is 0 Å². The summed E-state index contributed by atoms with van der Waals surface area (Å²) in [6.45, 7) is 2.58. The summed E-state index contributed by atoms with van der Waals surface area (Å²) in [6, 6.07) is 2.62. The fraction of sp³-hybridized carbons (Fsp3) is 0.190. The second kappa shape index (κ2) is 9.98. The number of benzene rings is 2. The second-order valence-corrected chi connectivity index (χ2v) is 7.50. The number of esters is 1. The van der Waals surface area contributed by atoms with E-state index < -0.39 is 53.3 Å². The van der Waals surface area contributed by atoms with Gasteiger partial charge < -0.3 is 9.47 Å². The number of hydrogen-bond acceptors (Lipinski definition) is 5. The van der Waals surface area contributed by atoms with Gasteiger partial charge in [-0.1, -0.05) is 23.2 Å². The lowest BCUT2D eigenvalue weighted by Gasteiger charge is -2.15. The Kier molecular flexibility index (Phi) is 7.47. The van der Waals surface area contributed by atoms with Gasteiger partial charge >= 0.3 is 5.97 Å². The molecule has 6 nitrogen and oxygen atoms in total. The van der Waals surface area contributed by atoms with Gasteiger partial charge in [-0.15, -0.1) is 0 Å². The van der Waals surface area contributed by atoms with E-state index in [0.717, 1.165) is 0 Å². The van der Waals surface area contributed by atoms with Gasteiger partial charge in [0.05, 0.1) is 27.9 Å². The van der Waals surface area contributed by atoms with Crippen molar-refractivity contribution >= 4 is 52.6 Å². The van der Waals surface area contributed by atoms with Crippen LogP contribution in [0.3, 0.4) is 0 Å². The molecule has 0 spiro atoms. The van der Waals surface area contributed by atoms with Crippen LogP contribution < -0.4 is 9.75 Å². The highest BCUT2D eigenvalue weighted by atomic mass is 35.5. The molecular formula is C21H13Cl2F5N2O4. The first-order valence-electron chi connectivity index (χ1n) is 9.38. The molecule has 13 heteroatoms. The third kappa shape index (κ3) is 4.71. The molecule has 1 heterocycles. The Bertz CT molecular complexity index is 1210. The van der Waals surface area contributed by atoms with Crippen LogP contribution in [0.15, 0.2) is 22.8 Å². The SMILES string of the molecule is CCOC(=O)COc1c(Cl)cc(/C=C2/C(=O)N(c3c(F)c(F)c(F)c(F)c3F)N=C2C)cc1Cl. The highest BCUT2D eigenvalue weighted by Crippen LogP contribution is 2.37. The zero-order chi connectivity index (χ0) is 25.3. The summed E-state index contributed by atoms with van der Waals surface area (Å²) in [5.41, 5.74) is -1.60. The van der Waals surface area contributed by atoms with Gasteiger partial charge in [0.1, 0.15) is 5.69 Å². The van der Waals surface area contributed by atoms with Gasteiger partial charge in [0.2, 0.25) is 5.82 Å². The van der Waals surface area contributed by atoms with Crippen LogP contribution in [0, 0.1) is 29.1 Å². The molecule has 3 rings (SSSR count). The van der Waals surface area contributed by atoms with Gasteiger partial charge in [0.25, 0.3) is 5.91 Å². The predicted octanol–water partition coefficient (Wildman–Crippen LogP) is 5.44. The molecule has 0 bridgehead atoms. The number of rotatable bonds is 6. The van der Waals surface area contributed by atoms with Gasteiger partial charge in [-0.3, -0.25) is 4.79 Å². The molecular weight excluding hydrogens is 510 g/mol. The lowest BCUT2D eigenvalue weighted by Crippen LogP contribution is -2.25. The minimum absolute atomic E-state index is 0.0373. The van der Waals surface area contributed by atoms with Crippen molar-refractivity contribution in [1.82, 2.24) is 0 Å². The Morgan fingerprint density at radius 3 is 2.09 bits per heavy atom. The van der Waals surface area contributed by atoms with Gasteiger partial charge in [0.15, 0.2) is 35.6 Å². The zero-order valence-electron chi connectivity index (χ0n) is 17.3. The van der Waals surface area contributed by atoms with E-state index in [1.54, 1.807) is 6.92 Å². The van der Waals surface area contributed by atoms with E-state index in [1.807, 2.05) is 0 Å². The molecule has 0 aromatic heterocycles. The molecule has 0 saturated heterocycles. The molecule has 1 amide bonds. The van der Waals surface area contributed by atoms with Crippen molar-refractivity contribution in [2.24, 2.45) is 5.10 Å². The minimum atomic E-state index is -2.36. The molecule has 2 aromatic carbocycles. The third-order valence-electron chi connectivity index (χ3n) is 4.43. The summed E-state index contributed by atoms with van der Waals surface area (Å²) in [5.74, 6) is -13.1. The third-order valence-corrected chi connectivity index (χ3v) is 4.99. The Morgan fingerprint density at radius 2 is 1.56 bits per heavy atom. The van der Waals surface area contributed by atoms with E-state index in [2.05, 4.69) is 5.10 Å². The molecule has 0 aliphatic carbocycles. The molecule has 0 atom stereocenters. The van der Waals surface area contributed by atoms with Crippen LogP contribution in [-0.2, 0) is 14.3 Å². The highest BCUT2D eigenvalue weighted by Gasteiger charge is 2.37. The summed E-state index contributed by atoms with van der Waals surface area (Å²) < 4.78 is 78.7. The lowest BCUT2D eigenvalue weighted by molar-refractivity contribution is -0.145. The average molecular weight is 523 g/mol. The van der Waals surface area contributed by atoms with Crippen molar-refractivity contribution in [3.8, 4) is 5.75 Å². The molecule has 1 aliphatic rings. The summed E-state index contributed by atoms with van der Waals surface area (Å²) in [4.78, 5) is 24.2. The quantitative estimate of drug-likeness (QED) is 0.166. The zero-order valence-corrected chi connectivity index (χ0v) is 18.8.